The van der Waals surface area contributed by atoms with E-state index in [-0.39, 0.29) is 0 Å². The van der Waals surface area contributed by atoms with Gasteiger partial charge in [-0.25, -0.2) is 0 Å². The second kappa shape index (κ2) is 5.43. The van der Waals surface area contributed by atoms with Crippen LogP contribution in [0.3, 0.4) is 0 Å². The number of para-hydroxylation sites is 1. The van der Waals surface area contributed by atoms with Crippen LogP contribution in [0.25, 0.3) is 10.9 Å². The van der Waals surface area contributed by atoms with Crippen molar-refractivity contribution in [2.45, 2.75) is 6.92 Å². The molecule has 0 amide bonds. The average molecular weight is 294 g/mol. The molecule has 102 valence electrons. The molecule has 1 N–H and O–H groups in total. The van der Waals surface area contributed by atoms with Crippen molar-refractivity contribution >= 4 is 33.9 Å². The van der Waals surface area contributed by atoms with Gasteiger partial charge >= 0.3 is 0 Å². The predicted octanol–water partition coefficient (Wildman–Crippen LogP) is 4.81. The standard InChI is InChI=1S/C17H12ClN3/c1-11-14(18)7-6-13-16(8-9-20-17(11)13)21-15-5-3-2-4-12(15)10-19/h2-9H,1H3,(H,20,21). The van der Waals surface area contributed by atoms with E-state index >= 15 is 0 Å². The maximum Gasteiger partial charge on any atom is 0.101 e. The fourth-order valence-electron chi connectivity index (χ4n) is 2.28. The van der Waals surface area contributed by atoms with E-state index in [0.717, 1.165) is 27.8 Å². The molecular formula is C17H12ClN3. The van der Waals surface area contributed by atoms with E-state index in [1.54, 1.807) is 12.3 Å². The fourth-order valence-corrected chi connectivity index (χ4v) is 2.43. The number of aryl methyl sites for hydroxylation is 1. The number of anilines is 2. The molecule has 0 saturated carbocycles. The van der Waals surface area contributed by atoms with Gasteiger partial charge in [0, 0.05) is 22.3 Å². The van der Waals surface area contributed by atoms with Gasteiger partial charge < -0.3 is 5.32 Å². The lowest BCUT2D eigenvalue weighted by Crippen LogP contribution is -1.96. The molecule has 0 aliphatic rings. The second-order valence-electron chi connectivity index (χ2n) is 4.71. The van der Waals surface area contributed by atoms with E-state index in [1.165, 1.54) is 0 Å². The van der Waals surface area contributed by atoms with Gasteiger partial charge in [0.1, 0.15) is 6.07 Å². The summed E-state index contributed by atoms with van der Waals surface area (Å²) in [6, 6.07) is 15.3. The Morgan fingerprint density at radius 1 is 1.10 bits per heavy atom. The summed E-state index contributed by atoms with van der Waals surface area (Å²) in [5, 5.41) is 14.2. The number of nitrogens with one attached hydrogen (secondary N) is 1. The van der Waals surface area contributed by atoms with E-state index in [4.69, 9.17) is 11.6 Å². The number of aromatic nitrogens is 1. The molecule has 0 spiro atoms. The summed E-state index contributed by atoms with van der Waals surface area (Å²) < 4.78 is 0. The number of halogens is 1. The minimum absolute atomic E-state index is 0.605. The molecule has 2 aromatic carbocycles. The van der Waals surface area contributed by atoms with Crippen molar-refractivity contribution in [1.82, 2.24) is 4.98 Å². The molecule has 1 aromatic heterocycles. The fraction of sp³-hybridized carbons (Fsp3) is 0.0588. The molecule has 3 nitrogen and oxygen atoms in total. The van der Waals surface area contributed by atoms with Crippen LogP contribution >= 0.6 is 11.6 Å². The van der Waals surface area contributed by atoms with Gasteiger partial charge in [0.15, 0.2) is 0 Å². The van der Waals surface area contributed by atoms with Crippen LogP contribution in [0.5, 0.6) is 0 Å². The van der Waals surface area contributed by atoms with Crippen molar-refractivity contribution in [3.63, 3.8) is 0 Å². The highest BCUT2D eigenvalue weighted by Gasteiger charge is 2.08. The Morgan fingerprint density at radius 2 is 1.90 bits per heavy atom. The van der Waals surface area contributed by atoms with Gasteiger partial charge in [-0.3, -0.25) is 4.98 Å². The SMILES string of the molecule is Cc1c(Cl)ccc2c(Nc3ccccc3C#N)ccnc12. The number of hydrogen-bond acceptors (Lipinski definition) is 3. The molecule has 0 atom stereocenters. The topological polar surface area (TPSA) is 48.7 Å². The Morgan fingerprint density at radius 3 is 2.71 bits per heavy atom. The van der Waals surface area contributed by atoms with Crippen LogP contribution in [0.15, 0.2) is 48.7 Å². The highest BCUT2D eigenvalue weighted by molar-refractivity contribution is 6.32. The third-order valence-corrected chi connectivity index (χ3v) is 3.83. The first-order valence-corrected chi connectivity index (χ1v) is 6.88. The number of nitrogens with zero attached hydrogens (tertiary/aromatic N) is 2. The molecule has 3 rings (SSSR count). The van der Waals surface area contributed by atoms with Crippen molar-refractivity contribution in [3.05, 3.63) is 64.8 Å². The lowest BCUT2D eigenvalue weighted by atomic mass is 10.1. The first kappa shape index (κ1) is 13.4. The molecule has 0 bridgehead atoms. The third kappa shape index (κ3) is 2.42. The molecule has 1 heterocycles. The Kier molecular flexibility index (Phi) is 3.47. The molecule has 3 aromatic rings. The summed E-state index contributed by atoms with van der Waals surface area (Å²) >= 11 is 6.14. The lowest BCUT2D eigenvalue weighted by molar-refractivity contribution is 1.36. The number of pyridine rings is 1. The van der Waals surface area contributed by atoms with Crippen LogP contribution < -0.4 is 5.32 Å². The number of fused-ring (bicyclic) bond motifs is 1. The van der Waals surface area contributed by atoms with E-state index in [0.29, 0.717) is 10.6 Å². The van der Waals surface area contributed by atoms with E-state index < -0.39 is 0 Å². The zero-order chi connectivity index (χ0) is 14.8. The van der Waals surface area contributed by atoms with Crippen LogP contribution in [-0.2, 0) is 0 Å². The normalized spacial score (nSPS) is 10.3. The van der Waals surface area contributed by atoms with Crippen molar-refractivity contribution in [3.8, 4) is 6.07 Å². The van der Waals surface area contributed by atoms with Crippen LogP contribution in [0.1, 0.15) is 11.1 Å². The van der Waals surface area contributed by atoms with Crippen molar-refractivity contribution in [2.24, 2.45) is 0 Å². The maximum atomic E-state index is 9.17. The quantitative estimate of drug-likeness (QED) is 0.737. The summed E-state index contributed by atoms with van der Waals surface area (Å²) in [6.45, 7) is 1.95. The summed E-state index contributed by atoms with van der Waals surface area (Å²) in [5.41, 5.74) is 4.10. The molecule has 0 aliphatic carbocycles. The van der Waals surface area contributed by atoms with Crippen LogP contribution in [0.2, 0.25) is 5.02 Å². The molecule has 21 heavy (non-hydrogen) atoms. The zero-order valence-corrected chi connectivity index (χ0v) is 12.1. The summed E-state index contributed by atoms with van der Waals surface area (Å²) in [5.74, 6) is 0. The molecule has 0 unspecified atom stereocenters. The van der Waals surface area contributed by atoms with Gasteiger partial charge in [0.05, 0.1) is 16.8 Å². The van der Waals surface area contributed by atoms with Gasteiger partial charge in [0.25, 0.3) is 0 Å². The second-order valence-corrected chi connectivity index (χ2v) is 5.12. The monoisotopic (exact) mass is 293 g/mol. The molecule has 4 heteroatoms. The smallest absolute Gasteiger partial charge is 0.101 e. The average Bonchev–Trinajstić information content (AvgIpc) is 2.52. The third-order valence-electron chi connectivity index (χ3n) is 3.42. The Hall–Kier alpha value is -2.57. The van der Waals surface area contributed by atoms with Crippen LogP contribution in [0, 0.1) is 18.3 Å². The molecule has 0 saturated heterocycles. The number of benzene rings is 2. The lowest BCUT2D eigenvalue weighted by Gasteiger charge is -2.12. The van der Waals surface area contributed by atoms with Crippen molar-refractivity contribution in [1.29, 1.82) is 5.26 Å². The van der Waals surface area contributed by atoms with Gasteiger partial charge in [-0.05, 0) is 42.8 Å². The summed E-state index contributed by atoms with van der Waals surface area (Å²) in [4.78, 5) is 4.40. The van der Waals surface area contributed by atoms with E-state index in [1.807, 2.05) is 43.3 Å². The number of nitriles is 1. The van der Waals surface area contributed by atoms with Gasteiger partial charge in [0.2, 0.25) is 0 Å². The van der Waals surface area contributed by atoms with E-state index in [2.05, 4.69) is 16.4 Å². The van der Waals surface area contributed by atoms with Crippen molar-refractivity contribution in [2.75, 3.05) is 5.32 Å². The maximum absolute atomic E-state index is 9.17. The van der Waals surface area contributed by atoms with Gasteiger partial charge in [-0.2, -0.15) is 5.26 Å². The number of rotatable bonds is 2. The zero-order valence-electron chi connectivity index (χ0n) is 11.4. The van der Waals surface area contributed by atoms with E-state index in [9.17, 15) is 5.26 Å². The summed E-state index contributed by atoms with van der Waals surface area (Å²) in [6.07, 6.45) is 1.74. The minimum Gasteiger partial charge on any atom is -0.354 e. The first-order chi connectivity index (χ1) is 10.2. The van der Waals surface area contributed by atoms with Crippen LogP contribution in [-0.4, -0.2) is 4.98 Å². The minimum atomic E-state index is 0.605. The van der Waals surface area contributed by atoms with Gasteiger partial charge in [-0.1, -0.05) is 23.7 Å². The molecule has 0 aliphatic heterocycles. The Bertz CT molecular complexity index is 866. The molecule has 0 radical (unpaired) electrons. The van der Waals surface area contributed by atoms with Gasteiger partial charge in [-0.15, -0.1) is 0 Å². The highest BCUT2D eigenvalue weighted by Crippen LogP contribution is 2.30. The summed E-state index contributed by atoms with van der Waals surface area (Å²) in [7, 11) is 0. The van der Waals surface area contributed by atoms with Crippen molar-refractivity contribution < 1.29 is 0 Å². The first-order valence-electron chi connectivity index (χ1n) is 6.50. The molecular weight excluding hydrogens is 282 g/mol. The highest BCUT2D eigenvalue weighted by atomic mass is 35.5. The predicted molar refractivity (Wildman–Crippen MR) is 85.9 cm³/mol. The largest absolute Gasteiger partial charge is 0.354 e. The Balaban J connectivity index is 2.14. The molecule has 0 fully saturated rings. The Labute approximate surface area is 127 Å². The number of hydrogen-bond donors (Lipinski definition) is 1. The van der Waals surface area contributed by atoms with Crippen LogP contribution in [0.4, 0.5) is 11.4 Å².